The van der Waals surface area contributed by atoms with E-state index < -0.39 is 0 Å². The lowest BCUT2D eigenvalue weighted by molar-refractivity contribution is -0.127. The summed E-state index contributed by atoms with van der Waals surface area (Å²) in [5.74, 6) is -0.257. The largest absolute Gasteiger partial charge is 0.332 e. The molecule has 2 nitrogen and oxygen atoms in total. The van der Waals surface area contributed by atoms with Crippen LogP contribution in [0.25, 0.3) is 6.08 Å². The van der Waals surface area contributed by atoms with Crippen LogP contribution in [-0.2, 0) is 11.3 Å². The second kappa shape index (κ2) is 7.09. The Morgan fingerprint density at radius 2 is 1.78 bits per heavy atom. The standard InChI is InChI=1S/C19H17BrFNO/c20-16-6-1-14(2-7-16)5-12-19(23)22(18-10-11-18)13-15-3-8-17(21)9-4-15/h1-9,12,18H,10-11,13H2. The van der Waals surface area contributed by atoms with Gasteiger partial charge in [0.25, 0.3) is 0 Å². The van der Waals surface area contributed by atoms with Crippen LogP contribution in [0.5, 0.6) is 0 Å². The van der Waals surface area contributed by atoms with Crippen molar-refractivity contribution in [3.63, 3.8) is 0 Å². The molecule has 0 aliphatic heterocycles. The monoisotopic (exact) mass is 373 g/mol. The molecule has 0 atom stereocenters. The van der Waals surface area contributed by atoms with E-state index in [9.17, 15) is 9.18 Å². The van der Waals surface area contributed by atoms with Crippen LogP contribution in [0.1, 0.15) is 24.0 Å². The number of rotatable bonds is 5. The highest BCUT2D eigenvalue weighted by Crippen LogP contribution is 2.28. The first-order valence-corrected chi connectivity index (χ1v) is 8.40. The second-order valence-corrected chi connectivity index (χ2v) is 6.62. The Morgan fingerprint density at radius 1 is 1.13 bits per heavy atom. The number of nitrogens with zero attached hydrogens (tertiary/aromatic N) is 1. The summed E-state index contributed by atoms with van der Waals surface area (Å²) in [7, 11) is 0. The molecule has 2 aromatic rings. The first kappa shape index (κ1) is 15.9. The molecule has 1 fully saturated rings. The molecule has 3 rings (SSSR count). The minimum Gasteiger partial charge on any atom is -0.332 e. The zero-order valence-corrected chi connectivity index (χ0v) is 14.2. The molecule has 4 heteroatoms. The fraction of sp³-hybridized carbons (Fsp3) is 0.211. The Hall–Kier alpha value is -1.94. The van der Waals surface area contributed by atoms with Gasteiger partial charge in [-0.1, -0.05) is 40.2 Å². The van der Waals surface area contributed by atoms with Crippen molar-refractivity contribution >= 4 is 27.9 Å². The lowest BCUT2D eigenvalue weighted by Gasteiger charge is -2.21. The van der Waals surface area contributed by atoms with Gasteiger partial charge in [0, 0.05) is 23.1 Å². The summed E-state index contributed by atoms with van der Waals surface area (Å²) in [5, 5.41) is 0. The molecule has 2 aromatic carbocycles. The molecule has 0 heterocycles. The zero-order chi connectivity index (χ0) is 16.2. The van der Waals surface area contributed by atoms with Gasteiger partial charge in [0.05, 0.1) is 0 Å². The molecular formula is C19H17BrFNO. The van der Waals surface area contributed by atoms with E-state index in [1.807, 2.05) is 35.2 Å². The predicted molar refractivity (Wildman–Crippen MR) is 93.1 cm³/mol. The number of benzene rings is 2. The number of hydrogen-bond acceptors (Lipinski definition) is 1. The minimum atomic E-state index is -0.256. The maximum Gasteiger partial charge on any atom is 0.247 e. The molecule has 0 spiro atoms. The van der Waals surface area contributed by atoms with Crippen molar-refractivity contribution < 1.29 is 9.18 Å². The van der Waals surface area contributed by atoms with Crippen molar-refractivity contribution in [3.05, 3.63) is 76.0 Å². The van der Waals surface area contributed by atoms with E-state index in [0.29, 0.717) is 12.6 Å². The van der Waals surface area contributed by atoms with Crippen molar-refractivity contribution in [1.29, 1.82) is 0 Å². The van der Waals surface area contributed by atoms with E-state index in [1.54, 1.807) is 18.2 Å². The Balaban J connectivity index is 1.69. The third-order valence-corrected chi connectivity index (χ3v) is 4.35. The molecule has 0 saturated heterocycles. The summed E-state index contributed by atoms with van der Waals surface area (Å²) in [6, 6.07) is 14.4. The van der Waals surface area contributed by atoms with E-state index in [0.717, 1.165) is 28.4 Å². The summed E-state index contributed by atoms with van der Waals surface area (Å²) >= 11 is 3.39. The zero-order valence-electron chi connectivity index (χ0n) is 12.6. The molecule has 1 aliphatic carbocycles. The molecular weight excluding hydrogens is 357 g/mol. The fourth-order valence-corrected chi connectivity index (χ4v) is 2.66. The van der Waals surface area contributed by atoms with E-state index in [4.69, 9.17) is 0 Å². The highest BCUT2D eigenvalue weighted by Gasteiger charge is 2.31. The number of carbonyl (C=O) groups excluding carboxylic acids is 1. The van der Waals surface area contributed by atoms with Gasteiger partial charge in [0.15, 0.2) is 0 Å². The van der Waals surface area contributed by atoms with Gasteiger partial charge in [-0.3, -0.25) is 4.79 Å². The number of halogens is 2. The molecule has 0 N–H and O–H groups in total. The van der Waals surface area contributed by atoms with Crippen LogP contribution in [0, 0.1) is 5.82 Å². The van der Waals surface area contributed by atoms with E-state index >= 15 is 0 Å². The molecule has 1 amide bonds. The van der Waals surface area contributed by atoms with Crippen LogP contribution in [0.2, 0.25) is 0 Å². The van der Waals surface area contributed by atoms with Crippen molar-refractivity contribution in [2.24, 2.45) is 0 Å². The van der Waals surface area contributed by atoms with Crippen LogP contribution in [0.15, 0.2) is 59.1 Å². The van der Waals surface area contributed by atoms with Gasteiger partial charge in [-0.05, 0) is 54.3 Å². The maximum absolute atomic E-state index is 13.0. The molecule has 23 heavy (non-hydrogen) atoms. The number of amides is 1. The SMILES string of the molecule is O=C(C=Cc1ccc(Br)cc1)N(Cc1ccc(F)cc1)C1CC1. The van der Waals surface area contributed by atoms with Crippen molar-refractivity contribution in [1.82, 2.24) is 4.90 Å². The highest BCUT2D eigenvalue weighted by molar-refractivity contribution is 9.10. The molecule has 1 aliphatic rings. The summed E-state index contributed by atoms with van der Waals surface area (Å²) in [6.45, 7) is 0.522. The third kappa shape index (κ3) is 4.52. The van der Waals surface area contributed by atoms with Crippen LogP contribution in [0.4, 0.5) is 4.39 Å². The van der Waals surface area contributed by atoms with Gasteiger partial charge < -0.3 is 4.90 Å². The van der Waals surface area contributed by atoms with E-state index in [1.165, 1.54) is 12.1 Å². The maximum atomic E-state index is 13.0. The average Bonchev–Trinajstić information content (AvgIpc) is 3.38. The number of hydrogen-bond donors (Lipinski definition) is 0. The van der Waals surface area contributed by atoms with Gasteiger partial charge >= 0.3 is 0 Å². The highest BCUT2D eigenvalue weighted by atomic mass is 79.9. The van der Waals surface area contributed by atoms with Crippen LogP contribution >= 0.6 is 15.9 Å². The first-order chi connectivity index (χ1) is 11.1. The molecule has 118 valence electrons. The van der Waals surface area contributed by atoms with Crippen molar-refractivity contribution in [3.8, 4) is 0 Å². The summed E-state index contributed by atoms with van der Waals surface area (Å²) in [5.41, 5.74) is 1.93. The topological polar surface area (TPSA) is 20.3 Å². The summed E-state index contributed by atoms with van der Waals surface area (Å²) in [6.07, 6.45) is 5.53. The van der Waals surface area contributed by atoms with E-state index in [-0.39, 0.29) is 11.7 Å². The summed E-state index contributed by atoms with van der Waals surface area (Å²) in [4.78, 5) is 14.4. The van der Waals surface area contributed by atoms with Gasteiger partial charge in [0.1, 0.15) is 5.82 Å². The number of carbonyl (C=O) groups is 1. The quantitative estimate of drug-likeness (QED) is 0.689. The van der Waals surface area contributed by atoms with Crippen molar-refractivity contribution in [2.45, 2.75) is 25.4 Å². The molecule has 1 saturated carbocycles. The molecule has 0 bridgehead atoms. The van der Waals surface area contributed by atoms with Gasteiger partial charge in [0.2, 0.25) is 5.91 Å². The Labute approximate surface area is 143 Å². The Bertz CT molecular complexity index is 705. The van der Waals surface area contributed by atoms with Crippen LogP contribution in [0.3, 0.4) is 0 Å². The smallest absolute Gasteiger partial charge is 0.247 e. The fourth-order valence-electron chi connectivity index (χ4n) is 2.40. The predicted octanol–water partition coefficient (Wildman–Crippen LogP) is 4.79. The van der Waals surface area contributed by atoms with E-state index in [2.05, 4.69) is 15.9 Å². The molecule has 0 unspecified atom stereocenters. The Morgan fingerprint density at radius 3 is 2.39 bits per heavy atom. The normalized spacial score (nSPS) is 14.2. The first-order valence-electron chi connectivity index (χ1n) is 7.60. The molecule has 0 radical (unpaired) electrons. The second-order valence-electron chi connectivity index (χ2n) is 5.71. The third-order valence-electron chi connectivity index (χ3n) is 3.83. The Kier molecular flexibility index (Phi) is 4.91. The lowest BCUT2D eigenvalue weighted by atomic mass is 10.2. The summed E-state index contributed by atoms with van der Waals surface area (Å²) < 4.78 is 14.0. The average molecular weight is 374 g/mol. The van der Waals surface area contributed by atoms with Gasteiger partial charge in [-0.2, -0.15) is 0 Å². The molecule has 0 aromatic heterocycles. The van der Waals surface area contributed by atoms with Crippen LogP contribution in [-0.4, -0.2) is 16.8 Å². The van der Waals surface area contributed by atoms with Crippen LogP contribution < -0.4 is 0 Å². The minimum absolute atomic E-state index is 0.000237. The lowest BCUT2D eigenvalue weighted by Crippen LogP contribution is -2.31. The van der Waals surface area contributed by atoms with Crippen molar-refractivity contribution in [2.75, 3.05) is 0 Å². The van der Waals surface area contributed by atoms with Gasteiger partial charge in [-0.25, -0.2) is 4.39 Å². The van der Waals surface area contributed by atoms with Gasteiger partial charge in [-0.15, -0.1) is 0 Å².